The van der Waals surface area contributed by atoms with Gasteiger partial charge in [0, 0.05) is 31.2 Å². The van der Waals surface area contributed by atoms with Gasteiger partial charge in [-0.1, -0.05) is 0 Å². The summed E-state index contributed by atoms with van der Waals surface area (Å²) in [5.74, 6) is 0.864. The van der Waals surface area contributed by atoms with Crippen LogP contribution < -0.4 is 4.90 Å². The Kier molecular flexibility index (Phi) is 2.89. The predicted molar refractivity (Wildman–Crippen MR) is 66.7 cm³/mol. The summed E-state index contributed by atoms with van der Waals surface area (Å²) in [5, 5.41) is 9.20. The first kappa shape index (κ1) is 11.4. The summed E-state index contributed by atoms with van der Waals surface area (Å²) in [7, 11) is 0. The highest BCUT2D eigenvalue weighted by atomic mass is 16.5. The largest absolute Gasteiger partial charge is 0.390 e. The van der Waals surface area contributed by atoms with E-state index in [0.717, 1.165) is 43.5 Å². The van der Waals surface area contributed by atoms with E-state index in [1.54, 1.807) is 0 Å². The lowest BCUT2D eigenvalue weighted by Gasteiger charge is -2.28. The molecule has 0 amide bonds. The second-order valence-corrected chi connectivity index (χ2v) is 4.41. The molecule has 0 bridgehead atoms. The number of fused-ring (bicyclic) bond motifs is 1. The minimum Gasteiger partial charge on any atom is -0.390 e. The third kappa shape index (κ3) is 1.83. The monoisotopic (exact) mass is 248 g/mol. The summed E-state index contributed by atoms with van der Waals surface area (Å²) < 4.78 is 7.32. The topological polar surface area (TPSA) is 62.9 Å². The number of aryl methyl sites for hydroxylation is 1. The molecule has 18 heavy (non-hydrogen) atoms. The van der Waals surface area contributed by atoms with E-state index in [9.17, 15) is 5.11 Å². The number of nitrogens with zero attached hydrogens (tertiary/aromatic N) is 4. The van der Waals surface area contributed by atoms with Crippen molar-refractivity contribution in [3.63, 3.8) is 0 Å². The molecule has 6 heteroatoms. The molecule has 0 radical (unpaired) electrons. The van der Waals surface area contributed by atoms with Gasteiger partial charge in [0.2, 0.25) is 0 Å². The van der Waals surface area contributed by atoms with Gasteiger partial charge in [0.1, 0.15) is 0 Å². The maximum atomic E-state index is 9.20. The zero-order valence-corrected chi connectivity index (χ0v) is 10.3. The molecule has 96 valence electrons. The maximum Gasteiger partial charge on any atom is 0.180 e. The van der Waals surface area contributed by atoms with Gasteiger partial charge >= 0.3 is 0 Å². The van der Waals surface area contributed by atoms with Gasteiger partial charge in [-0.3, -0.25) is 4.40 Å². The number of anilines is 1. The lowest BCUT2D eigenvalue weighted by atomic mass is 10.4. The summed E-state index contributed by atoms with van der Waals surface area (Å²) in [6.07, 6.45) is 3.69. The Bertz CT molecular complexity index is 560. The average molecular weight is 248 g/mol. The summed E-state index contributed by atoms with van der Waals surface area (Å²) in [6.45, 7) is 5.01. The van der Waals surface area contributed by atoms with Crippen molar-refractivity contribution in [2.45, 2.75) is 13.5 Å². The van der Waals surface area contributed by atoms with Crippen molar-refractivity contribution >= 4 is 11.5 Å². The Balaban J connectivity index is 2.10. The molecule has 1 aliphatic heterocycles. The third-order valence-electron chi connectivity index (χ3n) is 3.18. The van der Waals surface area contributed by atoms with Gasteiger partial charge in [-0.05, 0) is 6.92 Å². The third-order valence-corrected chi connectivity index (χ3v) is 3.18. The van der Waals surface area contributed by atoms with E-state index in [0.29, 0.717) is 5.69 Å². The van der Waals surface area contributed by atoms with E-state index >= 15 is 0 Å². The first-order chi connectivity index (χ1) is 8.79. The van der Waals surface area contributed by atoms with Gasteiger partial charge < -0.3 is 14.7 Å². The number of imidazole rings is 1. The van der Waals surface area contributed by atoms with Gasteiger partial charge in [0.15, 0.2) is 11.5 Å². The quantitative estimate of drug-likeness (QED) is 0.831. The lowest BCUT2D eigenvalue weighted by molar-refractivity contribution is 0.122. The minimum atomic E-state index is -0.0519. The van der Waals surface area contributed by atoms with E-state index in [4.69, 9.17) is 4.74 Å². The zero-order chi connectivity index (χ0) is 12.5. The molecular weight excluding hydrogens is 232 g/mol. The molecule has 0 unspecified atom stereocenters. The molecule has 0 aromatic carbocycles. The molecule has 0 saturated carbocycles. The minimum absolute atomic E-state index is 0.0519. The van der Waals surface area contributed by atoms with Crippen LogP contribution in [0.25, 0.3) is 5.65 Å². The van der Waals surface area contributed by atoms with Crippen LogP contribution in [0.3, 0.4) is 0 Å². The number of ether oxygens (including phenoxy) is 1. The van der Waals surface area contributed by atoms with Crippen molar-refractivity contribution in [2.24, 2.45) is 0 Å². The van der Waals surface area contributed by atoms with Crippen molar-refractivity contribution in [2.75, 3.05) is 31.2 Å². The van der Waals surface area contributed by atoms with Crippen LogP contribution in [0.1, 0.15) is 11.4 Å². The number of hydrogen-bond acceptors (Lipinski definition) is 5. The number of hydrogen-bond donors (Lipinski definition) is 1. The molecule has 0 atom stereocenters. The highest BCUT2D eigenvalue weighted by molar-refractivity contribution is 5.65. The molecule has 6 nitrogen and oxygen atoms in total. The summed E-state index contributed by atoms with van der Waals surface area (Å²) in [5.41, 5.74) is 2.48. The number of aliphatic hydroxyl groups is 1. The molecule has 1 fully saturated rings. The molecule has 0 aliphatic carbocycles. The van der Waals surface area contributed by atoms with Crippen molar-refractivity contribution in [1.82, 2.24) is 14.4 Å². The summed E-state index contributed by atoms with van der Waals surface area (Å²) in [4.78, 5) is 11.1. The predicted octanol–water partition coefficient (Wildman–Crippen LogP) is 0.367. The van der Waals surface area contributed by atoms with Gasteiger partial charge in [0.25, 0.3) is 0 Å². The first-order valence-electron chi connectivity index (χ1n) is 6.06. The standard InChI is InChI=1S/C12H16N4O2/c1-9-6-13-11(15-2-4-18-5-3-15)12-14-10(8-17)7-16(9)12/h6-7,17H,2-5,8H2,1H3. The fourth-order valence-corrected chi connectivity index (χ4v) is 2.20. The van der Waals surface area contributed by atoms with E-state index in [1.165, 1.54) is 0 Å². The summed E-state index contributed by atoms with van der Waals surface area (Å²) in [6, 6.07) is 0. The van der Waals surface area contributed by atoms with Crippen molar-refractivity contribution in [3.8, 4) is 0 Å². The van der Waals surface area contributed by atoms with Crippen molar-refractivity contribution in [1.29, 1.82) is 0 Å². The van der Waals surface area contributed by atoms with Crippen LogP contribution in [0.4, 0.5) is 5.82 Å². The first-order valence-corrected chi connectivity index (χ1v) is 6.06. The number of aromatic nitrogens is 3. The van der Waals surface area contributed by atoms with Gasteiger partial charge in [0.05, 0.1) is 25.5 Å². The van der Waals surface area contributed by atoms with Crippen molar-refractivity contribution in [3.05, 3.63) is 23.8 Å². The highest BCUT2D eigenvalue weighted by Gasteiger charge is 2.18. The fraction of sp³-hybridized carbons (Fsp3) is 0.500. The van der Waals surface area contributed by atoms with Crippen LogP contribution in [-0.2, 0) is 11.3 Å². The Morgan fingerprint density at radius 1 is 1.39 bits per heavy atom. The molecule has 1 aliphatic rings. The SMILES string of the molecule is Cc1cnc(N2CCOCC2)c2nc(CO)cn12. The van der Waals surface area contributed by atoms with Crippen LogP contribution in [0, 0.1) is 6.92 Å². The van der Waals surface area contributed by atoms with Gasteiger partial charge in [-0.15, -0.1) is 0 Å². The van der Waals surface area contributed by atoms with E-state index in [-0.39, 0.29) is 6.61 Å². The van der Waals surface area contributed by atoms with Crippen LogP contribution in [-0.4, -0.2) is 45.8 Å². The Hall–Kier alpha value is -1.66. The maximum absolute atomic E-state index is 9.20. The fourth-order valence-electron chi connectivity index (χ4n) is 2.20. The zero-order valence-electron chi connectivity index (χ0n) is 10.3. The Labute approximate surface area is 105 Å². The summed E-state index contributed by atoms with van der Waals surface area (Å²) >= 11 is 0. The van der Waals surface area contributed by atoms with E-state index in [2.05, 4.69) is 14.9 Å². The number of aliphatic hydroxyl groups excluding tert-OH is 1. The molecule has 0 spiro atoms. The van der Waals surface area contributed by atoms with E-state index < -0.39 is 0 Å². The van der Waals surface area contributed by atoms with Crippen LogP contribution in [0.5, 0.6) is 0 Å². The molecule has 3 rings (SSSR count). The molecule has 3 heterocycles. The highest BCUT2D eigenvalue weighted by Crippen LogP contribution is 2.21. The van der Waals surface area contributed by atoms with Gasteiger partial charge in [-0.2, -0.15) is 0 Å². The van der Waals surface area contributed by atoms with Crippen LogP contribution in [0.2, 0.25) is 0 Å². The molecule has 2 aromatic heterocycles. The molecule has 2 aromatic rings. The Morgan fingerprint density at radius 2 is 2.17 bits per heavy atom. The lowest BCUT2D eigenvalue weighted by Crippen LogP contribution is -2.37. The molecular formula is C12H16N4O2. The van der Waals surface area contributed by atoms with Crippen molar-refractivity contribution < 1.29 is 9.84 Å². The normalized spacial score (nSPS) is 16.4. The van der Waals surface area contributed by atoms with Crippen LogP contribution in [0.15, 0.2) is 12.4 Å². The Morgan fingerprint density at radius 3 is 2.89 bits per heavy atom. The number of morpholine rings is 1. The second kappa shape index (κ2) is 4.55. The smallest absolute Gasteiger partial charge is 0.180 e. The number of rotatable bonds is 2. The molecule has 1 saturated heterocycles. The average Bonchev–Trinajstić information content (AvgIpc) is 2.85. The van der Waals surface area contributed by atoms with E-state index in [1.807, 2.05) is 23.7 Å². The molecule has 1 N–H and O–H groups in total. The van der Waals surface area contributed by atoms with Crippen LogP contribution >= 0.6 is 0 Å². The second-order valence-electron chi connectivity index (χ2n) is 4.41. The van der Waals surface area contributed by atoms with Gasteiger partial charge in [-0.25, -0.2) is 9.97 Å².